The predicted molar refractivity (Wildman–Crippen MR) is 179 cm³/mol. The Morgan fingerprint density at radius 2 is 1.65 bits per heavy atom. The van der Waals surface area contributed by atoms with E-state index in [-0.39, 0.29) is 18.5 Å². The fourth-order valence-electron chi connectivity index (χ4n) is 6.10. The Labute approximate surface area is 262 Å². The van der Waals surface area contributed by atoms with E-state index in [1.807, 2.05) is 24.5 Å². The van der Waals surface area contributed by atoms with Crippen LogP contribution in [0.3, 0.4) is 0 Å². The number of carbonyl (C=O) groups is 2. The van der Waals surface area contributed by atoms with Crippen LogP contribution in [0.5, 0.6) is 0 Å². The fourth-order valence-corrected chi connectivity index (χ4v) is 6.58. The number of benzene rings is 3. The normalized spacial score (nSPS) is 14.4. The molecule has 230 valence electrons. The monoisotopic (exact) mass is 600 g/mol. The summed E-state index contributed by atoms with van der Waals surface area (Å²) in [4.78, 5) is 29.0. The van der Waals surface area contributed by atoms with Gasteiger partial charge in [0.1, 0.15) is 6.04 Å². The van der Waals surface area contributed by atoms with Gasteiger partial charge in [-0.15, -0.1) is 0 Å². The average molecular weight is 601 g/mol. The molecular weight excluding hydrogens is 552 g/mol. The number of carbonyl (C=O) groups excluding carboxylic acids is 2. The van der Waals surface area contributed by atoms with Crippen molar-refractivity contribution in [2.75, 3.05) is 25.2 Å². The molecule has 0 heterocycles. The first kappa shape index (κ1) is 32.8. The second kappa shape index (κ2) is 17.3. The minimum atomic E-state index is -0.676. The third-order valence-electron chi connectivity index (χ3n) is 8.48. The van der Waals surface area contributed by atoms with Gasteiger partial charge in [-0.3, -0.25) is 9.69 Å². The third-order valence-corrected chi connectivity index (χ3v) is 9.13. The SMILES string of the molecule is CCOC(=O)[C@H](CCSC)NC(=O)c1ccc(CN(CCC2CCCCC2)Cc2ccccc2)cc1-c1ccccc1C. The lowest BCUT2D eigenvalue weighted by Crippen LogP contribution is -2.42. The number of esters is 1. The largest absolute Gasteiger partial charge is 0.464 e. The summed E-state index contributed by atoms with van der Waals surface area (Å²) in [5, 5.41) is 2.99. The average Bonchev–Trinajstić information content (AvgIpc) is 3.03. The summed E-state index contributed by atoms with van der Waals surface area (Å²) in [5.74, 6) is 0.945. The van der Waals surface area contributed by atoms with Gasteiger partial charge in [-0.05, 0) is 91.1 Å². The highest BCUT2D eigenvalue weighted by Gasteiger charge is 2.24. The summed E-state index contributed by atoms with van der Waals surface area (Å²) in [6.45, 7) is 6.91. The van der Waals surface area contributed by atoms with Gasteiger partial charge in [-0.1, -0.05) is 92.8 Å². The number of aryl methyl sites for hydroxylation is 1. The Morgan fingerprint density at radius 3 is 2.37 bits per heavy atom. The molecule has 1 saturated carbocycles. The smallest absolute Gasteiger partial charge is 0.328 e. The standard InChI is InChI=1S/C37H48N2O3S/c1-4-42-37(41)35(22-24-43-3)38-36(40)33-20-19-31(25-34(33)32-18-12-11-13-28(32)2)27-39(26-30-16-9-6-10-17-30)23-21-29-14-7-5-8-15-29/h6,9-13,16-20,25,29,35H,4-5,7-8,14-15,21-24,26-27H2,1-3H3,(H,38,40)/t35-/m0/s1. The van der Waals surface area contributed by atoms with Crippen molar-refractivity contribution in [1.29, 1.82) is 0 Å². The van der Waals surface area contributed by atoms with Crippen molar-refractivity contribution in [2.45, 2.75) is 77.9 Å². The van der Waals surface area contributed by atoms with E-state index in [2.05, 4.69) is 71.7 Å². The number of amides is 1. The van der Waals surface area contributed by atoms with Crippen LogP contribution in [0.4, 0.5) is 0 Å². The lowest BCUT2D eigenvalue weighted by Gasteiger charge is -2.27. The molecule has 3 aromatic rings. The van der Waals surface area contributed by atoms with Crippen LogP contribution in [0.1, 0.15) is 78.9 Å². The molecule has 0 aromatic heterocycles. The van der Waals surface area contributed by atoms with E-state index in [0.29, 0.717) is 12.0 Å². The highest BCUT2D eigenvalue weighted by atomic mass is 32.2. The third kappa shape index (κ3) is 9.97. The second-order valence-electron chi connectivity index (χ2n) is 11.7. The molecule has 4 rings (SSSR count). The summed E-state index contributed by atoms with van der Waals surface area (Å²) in [5.41, 5.74) is 6.11. The molecule has 0 spiro atoms. The van der Waals surface area contributed by atoms with Crippen LogP contribution in [0.25, 0.3) is 11.1 Å². The zero-order chi connectivity index (χ0) is 30.4. The zero-order valence-electron chi connectivity index (χ0n) is 26.1. The lowest BCUT2D eigenvalue weighted by atomic mass is 9.87. The Morgan fingerprint density at radius 1 is 0.930 bits per heavy atom. The van der Waals surface area contributed by atoms with E-state index in [9.17, 15) is 9.59 Å². The maximum absolute atomic E-state index is 13.7. The van der Waals surface area contributed by atoms with Gasteiger partial charge in [0, 0.05) is 18.7 Å². The van der Waals surface area contributed by atoms with E-state index in [1.165, 1.54) is 49.7 Å². The van der Waals surface area contributed by atoms with Crippen molar-refractivity contribution >= 4 is 23.6 Å². The van der Waals surface area contributed by atoms with Gasteiger partial charge in [0.15, 0.2) is 0 Å². The first-order chi connectivity index (χ1) is 21.0. The van der Waals surface area contributed by atoms with Crippen LogP contribution >= 0.6 is 11.8 Å². The van der Waals surface area contributed by atoms with E-state index in [1.54, 1.807) is 18.7 Å². The van der Waals surface area contributed by atoms with Crippen LogP contribution in [0, 0.1) is 12.8 Å². The molecule has 0 aliphatic heterocycles. The van der Waals surface area contributed by atoms with Gasteiger partial charge in [-0.2, -0.15) is 11.8 Å². The molecule has 1 amide bonds. The molecule has 1 atom stereocenters. The van der Waals surface area contributed by atoms with Crippen LogP contribution in [0.15, 0.2) is 72.8 Å². The topological polar surface area (TPSA) is 58.6 Å². The number of nitrogens with one attached hydrogen (secondary N) is 1. The Balaban J connectivity index is 1.61. The number of hydrogen-bond donors (Lipinski definition) is 1. The van der Waals surface area contributed by atoms with Crippen molar-refractivity contribution in [1.82, 2.24) is 10.2 Å². The molecule has 5 nitrogen and oxygen atoms in total. The molecule has 1 aliphatic rings. The molecule has 43 heavy (non-hydrogen) atoms. The summed E-state index contributed by atoms with van der Waals surface area (Å²) in [6.07, 6.45) is 10.6. The highest BCUT2D eigenvalue weighted by molar-refractivity contribution is 7.98. The highest BCUT2D eigenvalue weighted by Crippen LogP contribution is 2.30. The van der Waals surface area contributed by atoms with Crippen molar-refractivity contribution in [3.63, 3.8) is 0 Å². The molecule has 1 N–H and O–H groups in total. The zero-order valence-corrected chi connectivity index (χ0v) is 27.0. The summed E-state index contributed by atoms with van der Waals surface area (Å²) in [7, 11) is 0. The van der Waals surface area contributed by atoms with Gasteiger partial charge >= 0.3 is 5.97 Å². The Bertz CT molecular complexity index is 1310. The van der Waals surface area contributed by atoms with Crippen molar-refractivity contribution < 1.29 is 14.3 Å². The molecule has 1 aliphatic carbocycles. The minimum absolute atomic E-state index is 0.248. The first-order valence-corrected chi connectivity index (χ1v) is 17.3. The van der Waals surface area contributed by atoms with E-state index < -0.39 is 6.04 Å². The number of ether oxygens (including phenoxy) is 1. The lowest BCUT2D eigenvalue weighted by molar-refractivity contribution is -0.145. The number of thioether (sulfide) groups is 1. The maximum atomic E-state index is 13.7. The summed E-state index contributed by atoms with van der Waals surface area (Å²) in [6, 6.07) is 24.4. The van der Waals surface area contributed by atoms with Gasteiger partial charge in [-0.25, -0.2) is 4.79 Å². The number of hydrogen-bond acceptors (Lipinski definition) is 5. The van der Waals surface area contributed by atoms with Crippen molar-refractivity contribution in [2.24, 2.45) is 5.92 Å². The van der Waals surface area contributed by atoms with Crippen molar-refractivity contribution in [3.8, 4) is 11.1 Å². The van der Waals surface area contributed by atoms with Gasteiger partial charge in [0.05, 0.1) is 6.61 Å². The number of nitrogens with zero attached hydrogens (tertiary/aromatic N) is 1. The number of rotatable bonds is 15. The molecule has 0 unspecified atom stereocenters. The minimum Gasteiger partial charge on any atom is -0.464 e. The quantitative estimate of drug-likeness (QED) is 0.179. The molecule has 0 bridgehead atoms. The molecular formula is C37H48N2O3S. The fraction of sp³-hybridized carbons (Fsp3) is 0.459. The van der Waals surface area contributed by atoms with Crippen molar-refractivity contribution in [3.05, 3.63) is 95.1 Å². The Kier molecular flexibility index (Phi) is 13.2. The molecule has 6 heteroatoms. The predicted octanol–water partition coefficient (Wildman–Crippen LogP) is 8.05. The molecule has 3 aromatic carbocycles. The van der Waals surface area contributed by atoms with Gasteiger partial charge < -0.3 is 10.1 Å². The summed E-state index contributed by atoms with van der Waals surface area (Å²) < 4.78 is 5.28. The van der Waals surface area contributed by atoms with E-state index in [4.69, 9.17) is 4.74 Å². The maximum Gasteiger partial charge on any atom is 0.328 e. The van der Waals surface area contributed by atoms with Crippen LogP contribution < -0.4 is 5.32 Å². The molecule has 1 fully saturated rings. The first-order valence-electron chi connectivity index (χ1n) is 15.9. The van der Waals surface area contributed by atoms with Crippen LogP contribution in [0.2, 0.25) is 0 Å². The van der Waals surface area contributed by atoms with Crippen LogP contribution in [-0.4, -0.2) is 48.0 Å². The van der Waals surface area contributed by atoms with E-state index >= 15 is 0 Å². The summed E-state index contributed by atoms with van der Waals surface area (Å²) >= 11 is 1.65. The van der Waals surface area contributed by atoms with E-state index in [0.717, 1.165) is 48.0 Å². The van der Waals surface area contributed by atoms with Gasteiger partial charge in [0.2, 0.25) is 0 Å². The second-order valence-corrected chi connectivity index (χ2v) is 12.7. The van der Waals surface area contributed by atoms with Crippen LogP contribution in [-0.2, 0) is 22.6 Å². The van der Waals surface area contributed by atoms with Gasteiger partial charge in [0.25, 0.3) is 5.91 Å². The Hall–Kier alpha value is -3.09. The molecule has 0 radical (unpaired) electrons. The molecule has 0 saturated heterocycles.